The molecule has 0 aromatic heterocycles. The predicted octanol–water partition coefficient (Wildman–Crippen LogP) is 5.44. The van der Waals surface area contributed by atoms with Crippen LogP contribution < -0.4 is 10.6 Å². The van der Waals surface area contributed by atoms with Crippen LogP contribution in [-0.4, -0.2) is 55.4 Å². The van der Waals surface area contributed by atoms with Gasteiger partial charge in [-0.3, -0.25) is 0 Å². The number of hydrogen-bond acceptors (Lipinski definition) is 4. The Morgan fingerprint density at radius 2 is 1.91 bits per heavy atom. The fraction of sp³-hybridized carbons (Fsp3) is 0.552. The maximum atomic E-state index is 11.7. The number of nitrogens with one attached hydrogen (secondary N) is 2. The molecule has 1 heterocycles. The number of carbonyl (C=O) groups is 1. The van der Waals surface area contributed by atoms with Crippen LogP contribution in [0, 0.1) is 0 Å². The second-order valence-electron chi connectivity index (χ2n) is 10.1. The summed E-state index contributed by atoms with van der Waals surface area (Å²) in [7, 11) is 0. The molecule has 0 aliphatic carbocycles. The normalized spacial score (nSPS) is 14.9. The average molecular weight is 482 g/mol. The molecule has 6 heteroatoms. The first-order valence-corrected chi connectivity index (χ1v) is 13.1. The number of rotatable bonds is 11. The lowest BCUT2D eigenvalue weighted by Gasteiger charge is -2.26. The average Bonchev–Trinajstić information content (AvgIpc) is 3.12. The maximum Gasteiger partial charge on any atom is 0.315 e. The Morgan fingerprint density at radius 3 is 2.71 bits per heavy atom. The van der Waals surface area contributed by atoms with Gasteiger partial charge >= 0.3 is 6.03 Å². The van der Waals surface area contributed by atoms with Gasteiger partial charge in [0.15, 0.2) is 0 Å². The third-order valence-electron chi connectivity index (χ3n) is 6.90. The minimum Gasteiger partial charge on any atom is -0.507 e. The molecule has 2 aromatic carbocycles. The SMILES string of the molecule is CCNC(=O)NCc1cccc(-c2ccc(C(C)(C)CCCCCN3CCCOCC3)cc2O)c1. The highest BCUT2D eigenvalue weighted by atomic mass is 16.5. The van der Waals surface area contributed by atoms with Gasteiger partial charge in [-0.1, -0.05) is 57.0 Å². The molecule has 0 spiro atoms. The van der Waals surface area contributed by atoms with Crippen LogP contribution in [0.2, 0.25) is 0 Å². The molecule has 0 radical (unpaired) electrons. The molecule has 1 aliphatic rings. The summed E-state index contributed by atoms with van der Waals surface area (Å²) in [4.78, 5) is 14.2. The molecular weight excluding hydrogens is 438 g/mol. The molecule has 2 amide bonds. The van der Waals surface area contributed by atoms with Crippen molar-refractivity contribution < 1.29 is 14.6 Å². The number of ether oxygens (including phenoxy) is 1. The molecule has 0 unspecified atom stereocenters. The number of unbranched alkanes of at least 4 members (excludes halogenated alkanes) is 2. The molecule has 3 N–H and O–H groups in total. The minimum absolute atomic E-state index is 0.00482. The standard InChI is InChI=1S/C29H43N3O3/c1-4-30-28(34)31-22-23-10-8-11-24(20-23)26-13-12-25(21-27(26)33)29(2,3)14-6-5-7-15-32-16-9-18-35-19-17-32/h8,10-13,20-21,33H,4-7,9,14-19,22H2,1-3H3,(H2,30,31,34). The Balaban J connectivity index is 1.53. The van der Waals surface area contributed by atoms with Gasteiger partial charge < -0.3 is 25.4 Å². The van der Waals surface area contributed by atoms with Gasteiger partial charge in [0.05, 0.1) is 6.61 Å². The van der Waals surface area contributed by atoms with Gasteiger partial charge in [-0.2, -0.15) is 0 Å². The van der Waals surface area contributed by atoms with Gasteiger partial charge in [0.1, 0.15) is 5.75 Å². The van der Waals surface area contributed by atoms with Crippen LogP contribution in [0.15, 0.2) is 42.5 Å². The van der Waals surface area contributed by atoms with Crippen molar-refractivity contribution in [2.75, 3.05) is 39.4 Å². The van der Waals surface area contributed by atoms with E-state index in [1.54, 1.807) is 0 Å². The minimum atomic E-state index is -0.177. The van der Waals surface area contributed by atoms with Crippen LogP contribution >= 0.6 is 0 Å². The maximum absolute atomic E-state index is 11.7. The van der Waals surface area contributed by atoms with E-state index in [0.717, 1.165) is 67.9 Å². The van der Waals surface area contributed by atoms with Gasteiger partial charge in [0.25, 0.3) is 0 Å². The lowest BCUT2D eigenvalue weighted by molar-refractivity contribution is 0.141. The van der Waals surface area contributed by atoms with E-state index in [1.807, 2.05) is 43.3 Å². The van der Waals surface area contributed by atoms with Crippen molar-refractivity contribution >= 4 is 6.03 Å². The summed E-state index contributed by atoms with van der Waals surface area (Å²) in [5.41, 5.74) is 3.92. The third-order valence-corrected chi connectivity index (χ3v) is 6.90. The molecule has 6 nitrogen and oxygen atoms in total. The Hall–Kier alpha value is -2.57. The van der Waals surface area contributed by atoms with Crippen LogP contribution in [0.25, 0.3) is 11.1 Å². The summed E-state index contributed by atoms with van der Waals surface area (Å²) in [5.74, 6) is 0.299. The summed E-state index contributed by atoms with van der Waals surface area (Å²) in [6, 6.07) is 13.9. The number of urea groups is 1. The van der Waals surface area contributed by atoms with Crippen LogP contribution in [0.1, 0.15) is 64.0 Å². The van der Waals surface area contributed by atoms with E-state index in [0.29, 0.717) is 18.8 Å². The second-order valence-corrected chi connectivity index (χ2v) is 10.1. The van der Waals surface area contributed by atoms with E-state index < -0.39 is 0 Å². The fourth-order valence-corrected chi connectivity index (χ4v) is 4.70. The number of benzene rings is 2. The van der Waals surface area contributed by atoms with Gasteiger partial charge in [0.2, 0.25) is 0 Å². The summed E-state index contributed by atoms with van der Waals surface area (Å²) in [6.45, 7) is 12.6. The number of hydrogen-bond donors (Lipinski definition) is 3. The van der Waals surface area contributed by atoms with Crippen molar-refractivity contribution in [1.29, 1.82) is 0 Å². The Bertz CT molecular complexity index is 937. The number of nitrogens with zero attached hydrogens (tertiary/aromatic N) is 1. The third kappa shape index (κ3) is 8.55. The molecule has 0 atom stereocenters. The molecule has 1 fully saturated rings. The molecule has 0 bridgehead atoms. The van der Waals surface area contributed by atoms with Crippen molar-refractivity contribution in [2.45, 2.75) is 64.8 Å². The zero-order valence-corrected chi connectivity index (χ0v) is 21.7. The Morgan fingerprint density at radius 1 is 1.06 bits per heavy atom. The summed E-state index contributed by atoms with van der Waals surface area (Å²) >= 11 is 0. The van der Waals surface area contributed by atoms with Gasteiger partial charge in [0, 0.05) is 38.3 Å². The van der Waals surface area contributed by atoms with Gasteiger partial charge in [-0.25, -0.2) is 4.79 Å². The molecule has 35 heavy (non-hydrogen) atoms. The molecule has 1 aliphatic heterocycles. The largest absolute Gasteiger partial charge is 0.507 e. The smallest absolute Gasteiger partial charge is 0.315 e. The molecule has 1 saturated heterocycles. The number of aromatic hydroxyl groups is 1. The molecule has 2 aromatic rings. The van der Waals surface area contributed by atoms with Crippen molar-refractivity contribution in [3.05, 3.63) is 53.6 Å². The predicted molar refractivity (Wildman–Crippen MR) is 143 cm³/mol. The van der Waals surface area contributed by atoms with Crippen molar-refractivity contribution in [3.8, 4) is 16.9 Å². The first-order chi connectivity index (χ1) is 16.9. The number of phenols is 1. The Labute approximate surface area is 211 Å². The molecule has 0 saturated carbocycles. The topological polar surface area (TPSA) is 73.8 Å². The van der Waals surface area contributed by atoms with Crippen LogP contribution in [0.4, 0.5) is 4.79 Å². The lowest BCUT2D eigenvalue weighted by Crippen LogP contribution is -2.34. The fourth-order valence-electron chi connectivity index (χ4n) is 4.70. The first-order valence-electron chi connectivity index (χ1n) is 13.1. The zero-order valence-electron chi connectivity index (χ0n) is 21.7. The quantitative estimate of drug-likeness (QED) is 0.374. The summed E-state index contributed by atoms with van der Waals surface area (Å²) < 4.78 is 5.55. The van der Waals surface area contributed by atoms with E-state index in [9.17, 15) is 9.90 Å². The van der Waals surface area contributed by atoms with Crippen LogP contribution in [0.5, 0.6) is 5.75 Å². The highest BCUT2D eigenvalue weighted by molar-refractivity contribution is 5.74. The van der Waals surface area contributed by atoms with Gasteiger partial charge in [-0.05, 0) is 67.0 Å². The zero-order chi connectivity index (χ0) is 25.1. The highest BCUT2D eigenvalue weighted by Gasteiger charge is 2.22. The second kappa shape index (κ2) is 13.5. The lowest BCUT2D eigenvalue weighted by atomic mass is 9.79. The molecule has 3 rings (SSSR count). The molecule has 192 valence electrons. The van der Waals surface area contributed by atoms with Crippen molar-refractivity contribution in [1.82, 2.24) is 15.5 Å². The Kier molecular flexibility index (Phi) is 10.4. The van der Waals surface area contributed by atoms with E-state index in [1.165, 1.54) is 19.3 Å². The number of amides is 2. The van der Waals surface area contributed by atoms with Crippen LogP contribution in [0.3, 0.4) is 0 Å². The van der Waals surface area contributed by atoms with E-state index in [2.05, 4.69) is 35.4 Å². The van der Waals surface area contributed by atoms with Gasteiger partial charge in [-0.15, -0.1) is 0 Å². The van der Waals surface area contributed by atoms with Crippen molar-refractivity contribution in [3.63, 3.8) is 0 Å². The van der Waals surface area contributed by atoms with Crippen molar-refractivity contribution in [2.24, 2.45) is 0 Å². The number of phenolic OH excluding ortho intramolecular Hbond substituents is 1. The van der Waals surface area contributed by atoms with Crippen LogP contribution in [-0.2, 0) is 16.7 Å². The summed E-state index contributed by atoms with van der Waals surface area (Å²) in [6.07, 6.45) is 5.87. The number of carbonyl (C=O) groups excluding carboxylic acids is 1. The molecular formula is C29H43N3O3. The van der Waals surface area contributed by atoms with E-state index in [4.69, 9.17) is 4.74 Å². The highest BCUT2D eigenvalue weighted by Crippen LogP contribution is 2.36. The van der Waals surface area contributed by atoms with E-state index >= 15 is 0 Å². The monoisotopic (exact) mass is 481 g/mol. The summed E-state index contributed by atoms with van der Waals surface area (Å²) in [5, 5.41) is 16.5. The van der Waals surface area contributed by atoms with E-state index in [-0.39, 0.29) is 11.4 Å². The first kappa shape index (κ1) is 27.0.